The quantitative estimate of drug-likeness (QED) is 0.857. The van der Waals surface area contributed by atoms with Crippen LogP contribution < -0.4 is 0 Å². The van der Waals surface area contributed by atoms with Crippen LogP contribution in [0.4, 0.5) is 0 Å². The Morgan fingerprint density at radius 1 is 1.19 bits per heavy atom. The van der Waals surface area contributed by atoms with Crippen LogP contribution in [0.25, 0.3) is 0 Å². The summed E-state index contributed by atoms with van der Waals surface area (Å²) in [4.78, 5) is 25.0. The highest BCUT2D eigenvalue weighted by atomic mass is 16.4. The zero-order valence-electron chi connectivity index (χ0n) is 15.0. The van der Waals surface area contributed by atoms with Gasteiger partial charge in [-0.05, 0) is 44.1 Å². The monoisotopic (exact) mass is 356 g/mol. The number of aryl methyl sites for hydroxylation is 2. The number of carbonyl (C=O) groups excluding carboxylic acids is 1. The summed E-state index contributed by atoms with van der Waals surface area (Å²) in [5, 5.41) is 16.1. The van der Waals surface area contributed by atoms with Crippen LogP contribution in [-0.4, -0.2) is 50.0 Å². The van der Waals surface area contributed by atoms with Gasteiger partial charge >= 0.3 is 5.97 Å². The van der Waals surface area contributed by atoms with Gasteiger partial charge in [-0.25, -0.2) is 9.48 Å². The number of amides is 1. The lowest BCUT2D eigenvalue weighted by Crippen LogP contribution is -2.40. The van der Waals surface area contributed by atoms with E-state index in [1.807, 2.05) is 4.90 Å². The predicted molar refractivity (Wildman–Crippen MR) is 95.8 cm³/mol. The van der Waals surface area contributed by atoms with Gasteiger partial charge in [0.25, 0.3) is 0 Å². The van der Waals surface area contributed by atoms with Gasteiger partial charge in [0.15, 0.2) is 5.69 Å². The van der Waals surface area contributed by atoms with Crippen molar-refractivity contribution >= 4 is 11.9 Å². The van der Waals surface area contributed by atoms with E-state index in [1.165, 1.54) is 22.0 Å². The Bertz CT molecular complexity index is 761. The Morgan fingerprint density at radius 3 is 2.50 bits per heavy atom. The number of rotatable bonds is 6. The maximum atomic E-state index is 12.4. The van der Waals surface area contributed by atoms with Crippen molar-refractivity contribution in [2.75, 3.05) is 13.1 Å². The molecule has 0 aliphatic carbocycles. The normalized spacial score (nSPS) is 15.2. The molecule has 1 aliphatic heterocycles. The Morgan fingerprint density at radius 2 is 1.88 bits per heavy atom. The zero-order valence-corrected chi connectivity index (χ0v) is 15.0. The first-order chi connectivity index (χ1) is 12.5. The van der Waals surface area contributed by atoms with E-state index >= 15 is 0 Å². The molecule has 1 amide bonds. The predicted octanol–water partition coefficient (Wildman–Crippen LogP) is 2.16. The van der Waals surface area contributed by atoms with Gasteiger partial charge in [0.1, 0.15) is 6.54 Å². The first kappa shape index (κ1) is 18.1. The molecule has 3 rings (SSSR count). The number of hydrogen-bond acceptors (Lipinski definition) is 4. The minimum Gasteiger partial charge on any atom is -0.476 e. The Labute approximate surface area is 152 Å². The van der Waals surface area contributed by atoms with E-state index in [-0.39, 0.29) is 18.1 Å². The maximum absolute atomic E-state index is 12.4. The molecule has 0 unspecified atom stereocenters. The lowest BCUT2D eigenvalue weighted by molar-refractivity contribution is -0.133. The van der Waals surface area contributed by atoms with Crippen molar-refractivity contribution in [2.45, 2.75) is 39.2 Å². The molecule has 2 heterocycles. The molecular weight excluding hydrogens is 332 g/mol. The number of aromatic carboxylic acids is 1. The summed E-state index contributed by atoms with van der Waals surface area (Å²) < 4.78 is 1.29. The average molecular weight is 356 g/mol. The molecule has 1 aromatic carbocycles. The van der Waals surface area contributed by atoms with Gasteiger partial charge in [-0.3, -0.25) is 4.79 Å². The summed E-state index contributed by atoms with van der Waals surface area (Å²) in [5.74, 6) is -0.535. The fourth-order valence-electron chi connectivity index (χ4n) is 3.31. The van der Waals surface area contributed by atoms with E-state index in [1.54, 1.807) is 0 Å². The van der Waals surface area contributed by atoms with Crippen molar-refractivity contribution in [2.24, 2.45) is 5.92 Å². The van der Waals surface area contributed by atoms with E-state index in [0.717, 1.165) is 38.8 Å². The fourth-order valence-corrected chi connectivity index (χ4v) is 3.31. The first-order valence-corrected chi connectivity index (χ1v) is 8.98. The van der Waals surface area contributed by atoms with Gasteiger partial charge in [-0.1, -0.05) is 35.0 Å². The number of aromatic nitrogens is 3. The van der Waals surface area contributed by atoms with Gasteiger partial charge in [0.05, 0.1) is 6.20 Å². The largest absolute Gasteiger partial charge is 0.476 e. The molecule has 0 radical (unpaired) electrons. The van der Waals surface area contributed by atoms with Crippen LogP contribution in [0, 0.1) is 12.8 Å². The van der Waals surface area contributed by atoms with Gasteiger partial charge in [0.2, 0.25) is 5.91 Å². The van der Waals surface area contributed by atoms with E-state index in [0.29, 0.717) is 5.92 Å². The van der Waals surface area contributed by atoms with Gasteiger partial charge in [-0.2, -0.15) is 0 Å². The third kappa shape index (κ3) is 4.68. The lowest BCUT2D eigenvalue weighted by Gasteiger charge is -2.32. The second-order valence-electron chi connectivity index (χ2n) is 6.95. The van der Waals surface area contributed by atoms with E-state index < -0.39 is 5.97 Å². The van der Waals surface area contributed by atoms with Gasteiger partial charge < -0.3 is 10.0 Å². The lowest BCUT2D eigenvalue weighted by atomic mass is 9.90. The van der Waals surface area contributed by atoms with Crippen molar-refractivity contribution in [3.63, 3.8) is 0 Å². The smallest absolute Gasteiger partial charge is 0.358 e. The summed E-state index contributed by atoms with van der Waals surface area (Å²) in [7, 11) is 0. The minimum atomic E-state index is -1.14. The highest BCUT2D eigenvalue weighted by molar-refractivity contribution is 5.84. The van der Waals surface area contributed by atoms with Crippen LogP contribution >= 0.6 is 0 Å². The molecule has 0 saturated carbocycles. The Kier molecular flexibility index (Phi) is 5.65. The standard InChI is InChI=1S/C19H24N4O3/c1-14-2-4-15(5-3-14)6-7-16-8-10-22(11-9-16)18(24)13-23-12-17(19(25)26)20-21-23/h2-5,12,16H,6-11,13H2,1H3,(H,25,26). The van der Waals surface area contributed by atoms with Crippen LogP contribution in [-0.2, 0) is 17.8 Å². The van der Waals surface area contributed by atoms with Crippen LogP contribution in [0.15, 0.2) is 30.5 Å². The number of carboxylic acid groups (broad SMARTS) is 1. The number of nitrogens with zero attached hydrogens (tertiary/aromatic N) is 4. The summed E-state index contributed by atoms with van der Waals surface area (Å²) in [6.45, 7) is 3.63. The molecule has 0 atom stereocenters. The Balaban J connectivity index is 1.43. The number of carbonyl (C=O) groups is 2. The molecule has 1 aliphatic rings. The molecular formula is C19H24N4O3. The molecule has 26 heavy (non-hydrogen) atoms. The van der Waals surface area contributed by atoms with Crippen LogP contribution in [0.5, 0.6) is 0 Å². The molecule has 7 nitrogen and oxygen atoms in total. The van der Waals surface area contributed by atoms with Crippen LogP contribution in [0.2, 0.25) is 0 Å². The third-order valence-corrected chi connectivity index (χ3v) is 4.98. The molecule has 2 aromatic rings. The highest BCUT2D eigenvalue weighted by Crippen LogP contribution is 2.22. The molecule has 138 valence electrons. The van der Waals surface area contributed by atoms with Gasteiger partial charge in [0, 0.05) is 13.1 Å². The van der Waals surface area contributed by atoms with Crippen molar-refractivity contribution in [3.8, 4) is 0 Å². The van der Waals surface area contributed by atoms with Crippen molar-refractivity contribution in [3.05, 3.63) is 47.3 Å². The molecule has 7 heteroatoms. The third-order valence-electron chi connectivity index (χ3n) is 4.98. The van der Waals surface area contributed by atoms with Gasteiger partial charge in [-0.15, -0.1) is 5.10 Å². The number of piperidine rings is 1. The van der Waals surface area contributed by atoms with E-state index in [4.69, 9.17) is 5.11 Å². The van der Waals surface area contributed by atoms with Crippen LogP contribution in [0.3, 0.4) is 0 Å². The summed E-state index contributed by atoms with van der Waals surface area (Å²) in [6.07, 6.45) is 5.53. The topological polar surface area (TPSA) is 88.3 Å². The fraction of sp³-hybridized carbons (Fsp3) is 0.474. The summed E-state index contributed by atoms with van der Waals surface area (Å²) >= 11 is 0. The maximum Gasteiger partial charge on any atom is 0.358 e. The van der Waals surface area contributed by atoms with Crippen molar-refractivity contribution in [1.29, 1.82) is 0 Å². The molecule has 0 bridgehead atoms. The number of carboxylic acids is 1. The van der Waals surface area contributed by atoms with Crippen LogP contribution in [0.1, 0.15) is 40.9 Å². The van der Waals surface area contributed by atoms with Crippen molar-refractivity contribution < 1.29 is 14.7 Å². The second kappa shape index (κ2) is 8.12. The number of benzene rings is 1. The first-order valence-electron chi connectivity index (χ1n) is 8.98. The zero-order chi connectivity index (χ0) is 18.5. The number of hydrogen-bond donors (Lipinski definition) is 1. The summed E-state index contributed by atoms with van der Waals surface area (Å²) in [5.41, 5.74) is 2.51. The number of likely N-dealkylation sites (tertiary alicyclic amines) is 1. The summed E-state index contributed by atoms with van der Waals surface area (Å²) in [6, 6.07) is 8.68. The second-order valence-corrected chi connectivity index (χ2v) is 6.95. The molecule has 1 fully saturated rings. The van der Waals surface area contributed by atoms with Crippen molar-refractivity contribution in [1.82, 2.24) is 19.9 Å². The average Bonchev–Trinajstić information content (AvgIpc) is 3.10. The molecule has 1 aromatic heterocycles. The molecule has 1 N–H and O–H groups in total. The van der Waals surface area contributed by atoms with E-state index in [2.05, 4.69) is 41.5 Å². The Hall–Kier alpha value is -2.70. The highest BCUT2D eigenvalue weighted by Gasteiger charge is 2.23. The minimum absolute atomic E-state index is 0.0360. The molecule has 0 spiro atoms. The molecule has 1 saturated heterocycles. The SMILES string of the molecule is Cc1ccc(CCC2CCN(C(=O)Cn3cc(C(=O)O)nn3)CC2)cc1. The van der Waals surface area contributed by atoms with E-state index in [9.17, 15) is 9.59 Å².